The smallest absolute Gasteiger partial charge is 0.308 e. The molecule has 6 nitrogen and oxygen atoms in total. The summed E-state index contributed by atoms with van der Waals surface area (Å²) in [4.78, 5) is 20.7. The summed E-state index contributed by atoms with van der Waals surface area (Å²) in [7, 11) is 0. The fraction of sp³-hybridized carbons (Fsp3) is 0.200. The topological polar surface area (TPSA) is 93.2 Å². The van der Waals surface area contributed by atoms with Gasteiger partial charge in [0.2, 0.25) is 0 Å². The first-order chi connectivity index (χ1) is 7.45. The van der Waals surface area contributed by atoms with E-state index in [0.717, 1.165) is 6.07 Å². The number of hydrogen-bond acceptors (Lipinski definition) is 5. The van der Waals surface area contributed by atoms with Gasteiger partial charge in [0.05, 0.1) is 4.92 Å². The number of nitriles is 1. The molecule has 0 aliphatic carbocycles. The highest BCUT2D eigenvalue weighted by Gasteiger charge is 2.16. The van der Waals surface area contributed by atoms with Crippen LogP contribution >= 0.6 is 0 Å². The Morgan fingerprint density at radius 2 is 2.19 bits per heavy atom. The molecule has 0 N–H and O–H groups in total. The Balaban J connectivity index is 3.35. The number of nitro groups is 1. The van der Waals surface area contributed by atoms with Gasteiger partial charge >= 0.3 is 5.97 Å². The quantitative estimate of drug-likeness (QED) is 0.327. The molecule has 0 fully saturated rings. The second-order valence-electron chi connectivity index (χ2n) is 3.10. The van der Waals surface area contributed by atoms with E-state index in [2.05, 4.69) is 0 Å². The maximum atomic E-state index is 10.8. The number of hydrogen-bond donors (Lipinski definition) is 0. The average Bonchev–Trinajstić information content (AvgIpc) is 2.19. The molecule has 1 aromatic carbocycles. The predicted octanol–water partition coefficient (Wildman–Crippen LogP) is 1.70. The van der Waals surface area contributed by atoms with Crippen LogP contribution in [0.1, 0.15) is 18.1 Å². The maximum Gasteiger partial charge on any atom is 0.308 e. The summed E-state index contributed by atoms with van der Waals surface area (Å²) in [5, 5.41) is 19.3. The Kier molecular flexibility index (Phi) is 3.20. The Morgan fingerprint density at radius 1 is 1.56 bits per heavy atom. The van der Waals surface area contributed by atoms with E-state index in [1.807, 2.05) is 0 Å². The molecule has 1 aromatic rings. The molecule has 1 rings (SSSR count). The van der Waals surface area contributed by atoms with Crippen molar-refractivity contribution in [3.05, 3.63) is 33.4 Å². The van der Waals surface area contributed by atoms with Crippen LogP contribution in [0.2, 0.25) is 0 Å². The first-order valence-corrected chi connectivity index (χ1v) is 4.33. The molecule has 0 atom stereocenters. The summed E-state index contributed by atoms with van der Waals surface area (Å²) in [6.07, 6.45) is 0. The summed E-state index contributed by atoms with van der Waals surface area (Å²) in [5.74, 6) is -0.506. The highest BCUT2D eigenvalue weighted by Crippen LogP contribution is 2.28. The number of esters is 1. The number of benzene rings is 1. The number of carbonyl (C=O) groups excluding carboxylic acids is 1. The predicted molar refractivity (Wildman–Crippen MR) is 53.9 cm³/mol. The lowest BCUT2D eigenvalue weighted by molar-refractivity contribution is -0.384. The minimum absolute atomic E-state index is 0.0260. The number of aryl methyl sites for hydroxylation is 1. The van der Waals surface area contributed by atoms with Crippen LogP contribution in [0.3, 0.4) is 0 Å². The summed E-state index contributed by atoms with van der Waals surface area (Å²) in [6.45, 7) is 2.73. The van der Waals surface area contributed by atoms with E-state index in [1.54, 1.807) is 6.07 Å². The van der Waals surface area contributed by atoms with E-state index in [4.69, 9.17) is 10.00 Å². The molecule has 0 amide bonds. The number of carbonyl (C=O) groups is 1. The van der Waals surface area contributed by atoms with E-state index in [9.17, 15) is 14.9 Å². The summed E-state index contributed by atoms with van der Waals surface area (Å²) in [6, 6.07) is 4.08. The molecule has 0 saturated carbocycles. The standard InChI is InChI=1S/C10H8N2O4/c1-6-3-9(12(14)15)4-8(5-11)10(6)16-7(2)13/h3-4H,1-2H3. The Bertz CT molecular complexity index is 502. The Hall–Kier alpha value is -2.42. The molecule has 0 aliphatic heterocycles. The molecule has 0 heterocycles. The summed E-state index contributed by atoms with van der Waals surface area (Å²) in [5.41, 5.74) is 0.146. The van der Waals surface area contributed by atoms with Crippen molar-refractivity contribution in [3.63, 3.8) is 0 Å². The van der Waals surface area contributed by atoms with Crippen molar-refractivity contribution in [1.29, 1.82) is 5.26 Å². The van der Waals surface area contributed by atoms with Crippen molar-refractivity contribution in [2.45, 2.75) is 13.8 Å². The largest absolute Gasteiger partial charge is 0.425 e. The van der Waals surface area contributed by atoms with Crippen molar-refractivity contribution < 1.29 is 14.5 Å². The van der Waals surface area contributed by atoms with Crippen LogP contribution in [-0.4, -0.2) is 10.9 Å². The second-order valence-corrected chi connectivity index (χ2v) is 3.10. The Labute approximate surface area is 91.2 Å². The van der Waals surface area contributed by atoms with E-state index < -0.39 is 10.9 Å². The number of nitrogens with zero attached hydrogens (tertiary/aromatic N) is 2. The van der Waals surface area contributed by atoms with Crippen LogP contribution in [-0.2, 0) is 4.79 Å². The zero-order valence-electron chi connectivity index (χ0n) is 8.68. The number of nitro benzene ring substituents is 1. The fourth-order valence-electron chi connectivity index (χ4n) is 1.22. The van der Waals surface area contributed by atoms with Gasteiger partial charge in [0, 0.05) is 19.1 Å². The van der Waals surface area contributed by atoms with Gasteiger partial charge in [-0.25, -0.2) is 0 Å². The molecule has 6 heteroatoms. The van der Waals surface area contributed by atoms with E-state index in [1.165, 1.54) is 19.9 Å². The molecule has 16 heavy (non-hydrogen) atoms. The molecule has 0 unspecified atom stereocenters. The highest BCUT2D eigenvalue weighted by molar-refractivity contribution is 5.71. The van der Waals surface area contributed by atoms with Crippen LogP contribution in [0.25, 0.3) is 0 Å². The zero-order valence-corrected chi connectivity index (χ0v) is 8.68. The number of non-ortho nitro benzene ring substituents is 1. The minimum atomic E-state index is -0.606. The summed E-state index contributed by atoms with van der Waals surface area (Å²) < 4.78 is 4.82. The lowest BCUT2D eigenvalue weighted by Gasteiger charge is -2.06. The van der Waals surface area contributed by atoms with Gasteiger partial charge in [-0.2, -0.15) is 5.26 Å². The maximum absolute atomic E-state index is 10.8. The molecule has 0 aromatic heterocycles. The lowest BCUT2D eigenvalue weighted by Crippen LogP contribution is -2.05. The van der Waals surface area contributed by atoms with Gasteiger partial charge in [-0.3, -0.25) is 14.9 Å². The minimum Gasteiger partial charge on any atom is -0.425 e. The van der Waals surface area contributed by atoms with Crippen molar-refractivity contribution in [1.82, 2.24) is 0 Å². The van der Waals surface area contributed by atoms with Crippen LogP contribution in [0.4, 0.5) is 5.69 Å². The van der Waals surface area contributed by atoms with E-state index >= 15 is 0 Å². The number of rotatable bonds is 2. The highest BCUT2D eigenvalue weighted by atomic mass is 16.6. The normalized spacial score (nSPS) is 9.31. The van der Waals surface area contributed by atoms with E-state index in [-0.39, 0.29) is 17.0 Å². The van der Waals surface area contributed by atoms with Gasteiger partial charge < -0.3 is 4.74 Å². The lowest BCUT2D eigenvalue weighted by atomic mass is 10.1. The molecule has 0 saturated heterocycles. The van der Waals surface area contributed by atoms with Crippen LogP contribution in [0.15, 0.2) is 12.1 Å². The van der Waals surface area contributed by atoms with Crippen LogP contribution in [0.5, 0.6) is 5.75 Å². The molecular weight excluding hydrogens is 212 g/mol. The fourth-order valence-corrected chi connectivity index (χ4v) is 1.22. The van der Waals surface area contributed by atoms with Gasteiger partial charge in [-0.05, 0) is 12.5 Å². The monoisotopic (exact) mass is 220 g/mol. The third-order valence-corrected chi connectivity index (χ3v) is 1.84. The van der Waals surface area contributed by atoms with Gasteiger partial charge in [0.1, 0.15) is 11.6 Å². The van der Waals surface area contributed by atoms with Crippen molar-refractivity contribution in [2.75, 3.05) is 0 Å². The SMILES string of the molecule is CC(=O)Oc1c(C)cc([N+](=O)[O-])cc1C#N. The van der Waals surface area contributed by atoms with Crippen LogP contribution in [0, 0.1) is 28.4 Å². The number of ether oxygens (including phenoxy) is 1. The third-order valence-electron chi connectivity index (χ3n) is 1.84. The van der Waals surface area contributed by atoms with Crippen molar-refractivity contribution >= 4 is 11.7 Å². The molecule has 0 spiro atoms. The molecule has 82 valence electrons. The van der Waals surface area contributed by atoms with Gasteiger partial charge in [-0.1, -0.05) is 0 Å². The second kappa shape index (κ2) is 4.40. The van der Waals surface area contributed by atoms with Crippen molar-refractivity contribution in [3.8, 4) is 11.8 Å². The zero-order chi connectivity index (χ0) is 12.3. The average molecular weight is 220 g/mol. The first-order valence-electron chi connectivity index (χ1n) is 4.33. The molecule has 0 bridgehead atoms. The summed E-state index contributed by atoms with van der Waals surface area (Å²) >= 11 is 0. The molecule has 0 radical (unpaired) electrons. The van der Waals surface area contributed by atoms with Crippen molar-refractivity contribution in [2.24, 2.45) is 0 Å². The molecular formula is C10H8N2O4. The molecule has 0 aliphatic rings. The van der Waals surface area contributed by atoms with E-state index in [0.29, 0.717) is 5.56 Å². The van der Waals surface area contributed by atoms with Gasteiger partial charge in [0.25, 0.3) is 5.69 Å². The van der Waals surface area contributed by atoms with Gasteiger partial charge in [0.15, 0.2) is 5.75 Å². The third kappa shape index (κ3) is 2.33. The Morgan fingerprint density at radius 3 is 2.62 bits per heavy atom. The van der Waals surface area contributed by atoms with Gasteiger partial charge in [-0.15, -0.1) is 0 Å². The van der Waals surface area contributed by atoms with Crippen LogP contribution < -0.4 is 4.74 Å². The first kappa shape index (κ1) is 11.7.